The first-order valence-corrected chi connectivity index (χ1v) is 7.78. The number of ether oxygens (including phenoxy) is 1. The summed E-state index contributed by atoms with van der Waals surface area (Å²) in [7, 11) is 1.67. The molecule has 0 N–H and O–H groups in total. The lowest BCUT2D eigenvalue weighted by Crippen LogP contribution is -2.41. The van der Waals surface area contributed by atoms with Gasteiger partial charge in [-0.2, -0.15) is 5.10 Å². The first-order valence-electron chi connectivity index (χ1n) is 7.78. The molecule has 0 unspecified atom stereocenters. The lowest BCUT2D eigenvalue weighted by Gasteiger charge is -2.28. The van der Waals surface area contributed by atoms with Crippen molar-refractivity contribution in [2.75, 3.05) is 20.3 Å². The molecule has 2 aromatic rings. The van der Waals surface area contributed by atoms with E-state index in [9.17, 15) is 4.79 Å². The standard InChI is InChI=1S/C16H22N4O2/c1-12-3-4-13(9-12)19(7-8-22-2)16(21)14-10-18-20-6-5-17-11-15(14)20/h5-6,10-13H,3-4,7-9H2,1-2H3/t12-,13-/m0/s1. The number of carbonyl (C=O) groups is 1. The van der Waals surface area contributed by atoms with Gasteiger partial charge in [-0.25, -0.2) is 4.52 Å². The van der Waals surface area contributed by atoms with Gasteiger partial charge in [-0.05, 0) is 25.2 Å². The lowest BCUT2D eigenvalue weighted by molar-refractivity contribution is 0.0604. The monoisotopic (exact) mass is 302 g/mol. The van der Waals surface area contributed by atoms with Gasteiger partial charge >= 0.3 is 0 Å². The van der Waals surface area contributed by atoms with Gasteiger partial charge in [0.2, 0.25) is 0 Å². The van der Waals surface area contributed by atoms with Crippen molar-refractivity contribution in [2.45, 2.75) is 32.2 Å². The minimum Gasteiger partial charge on any atom is -0.383 e. The van der Waals surface area contributed by atoms with Crippen LogP contribution in [0.5, 0.6) is 0 Å². The van der Waals surface area contributed by atoms with Gasteiger partial charge in [0.25, 0.3) is 5.91 Å². The summed E-state index contributed by atoms with van der Waals surface area (Å²) in [5, 5.41) is 4.24. The van der Waals surface area contributed by atoms with Gasteiger partial charge in [0.1, 0.15) is 0 Å². The number of carbonyl (C=O) groups excluding carboxylic acids is 1. The first-order chi connectivity index (χ1) is 10.7. The van der Waals surface area contributed by atoms with Gasteiger partial charge in [0.15, 0.2) is 0 Å². The summed E-state index contributed by atoms with van der Waals surface area (Å²) in [6.07, 6.45) is 10.0. The molecular formula is C16H22N4O2. The fourth-order valence-corrected chi connectivity index (χ4v) is 3.25. The van der Waals surface area contributed by atoms with Crippen molar-refractivity contribution in [3.05, 3.63) is 30.4 Å². The first kappa shape index (κ1) is 15.0. The van der Waals surface area contributed by atoms with Crippen molar-refractivity contribution in [1.29, 1.82) is 0 Å². The predicted molar refractivity (Wildman–Crippen MR) is 82.7 cm³/mol. The van der Waals surface area contributed by atoms with Crippen LogP contribution in [0.15, 0.2) is 24.8 Å². The van der Waals surface area contributed by atoms with Crippen molar-refractivity contribution in [2.24, 2.45) is 5.92 Å². The number of hydrogen-bond donors (Lipinski definition) is 0. The Morgan fingerprint density at radius 1 is 1.45 bits per heavy atom. The molecule has 0 spiro atoms. The van der Waals surface area contributed by atoms with Gasteiger partial charge in [0.05, 0.1) is 30.1 Å². The number of amides is 1. The molecule has 6 nitrogen and oxygen atoms in total. The zero-order chi connectivity index (χ0) is 15.5. The van der Waals surface area contributed by atoms with Gasteiger partial charge in [-0.15, -0.1) is 0 Å². The maximum Gasteiger partial charge on any atom is 0.258 e. The van der Waals surface area contributed by atoms with Crippen LogP contribution in [0.2, 0.25) is 0 Å². The summed E-state index contributed by atoms with van der Waals surface area (Å²) in [6.45, 7) is 3.41. The van der Waals surface area contributed by atoms with Crippen LogP contribution in [-0.4, -0.2) is 51.7 Å². The minimum absolute atomic E-state index is 0.0270. The van der Waals surface area contributed by atoms with Gasteiger partial charge in [-0.3, -0.25) is 9.78 Å². The zero-order valence-electron chi connectivity index (χ0n) is 13.1. The van der Waals surface area contributed by atoms with E-state index in [-0.39, 0.29) is 5.91 Å². The summed E-state index contributed by atoms with van der Waals surface area (Å²) in [6, 6.07) is 0.296. The molecule has 0 bridgehead atoms. The Hall–Kier alpha value is -1.95. The molecule has 3 rings (SSSR count). The average Bonchev–Trinajstić information content (AvgIpc) is 3.14. The fourth-order valence-electron chi connectivity index (χ4n) is 3.25. The Kier molecular flexibility index (Phi) is 4.38. The molecule has 1 amide bonds. The molecule has 0 saturated heterocycles. The van der Waals surface area contributed by atoms with Crippen molar-refractivity contribution in [1.82, 2.24) is 19.5 Å². The van der Waals surface area contributed by atoms with Crippen LogP contribution >= 0.6 is 0 Å². The molecule has 1 aliphatic carbocycles. The van der Waals surface area contributed by atoms with Gasteiger partial charge < -0.3 is 9.64 Å². The normalized spacial score (nSPS) is 21.4. The topological polar surface area (TPSA) is 59.7 Å². The molecule has 1 fully saturated rings. The fraction of sp³-hybridized carbons (Fsp3) is 0.562. The molecule has 2 atom stereocenters. The minimum atomic E-state index is 0.0270. The number of nitrogens with zero attached hydrogens (tertiary/aromatic N) is 4. The van der Waals surface area contributed by atoms with Crippen LogP contribution in [0.3, 0.4) is 0 Å². The molecule has 0 aliphatic heterocycles. The summed E-state index contributed by atoms with van der Waals surface area (Å²) < 4.78 is 6.87. The molecular weight excluding hydrogens is 280 g/mol. The molecule has 0 radical (unpaired) electrons. The smallest absolute Gasteiger partial charge is 0.258 e. The number of rotatable bonds is 5. The Morgan fingerprint density at radius 2 is 2.32 bits per heavy atom. The van der Waals surface area contributed by atoms with E-state index < -0.39 is 0 Å². The molecule has 22 heavy (non-hydrogen) atoms. The van der Waals surface area contributed by atoms with E-state index in [1.54, 1.807) is 36.4 Å². The van der Waals surface area contributed by atoms with E-state index in [1.807, 2.05) is 4.90 Å². The van der Waals surface area contributed by atoms with Crippen LogP contribution in [0.25, 0.3) is 5.52 Å². The Balaban J connectivity index is 1.88. The second-order valence-electron chi connectivity index (χ2n) is 6.03. The Labute approximate surface area is 130 Å². The van der Waals surface area contributed by atoms with Gasteiger partial charge in [-0.1, -0.05) is 6.92 Å². The van der Waals surface area contributed by atoms with Crippen LogP contribution < -0.4 is 0 Å². The maximum atomic E-state index is 13.0. The van der Waals surface area contributed by atoms with Crippen molar-refractivity contribution < 1.29 is 9.53 Å². The second-order valence-corrected chi connectivity index (χ2v) is 6.03. The van der Waals surface area contributed by atoms with E-state index in [2.05, 4.69) is 17.0 Å². The molecule has 2 heterocycles. The summed E-state index contributed by atoms with van der Waals surface area (Å²) in [4.78, 5) is 19.1. The molecule has 0 aromatic carbocycles. The van der Waals surface area contributed by atoms with Crippen LogP contribution in [-0.2, 0) is 4.74 Å². The third-order valence-corrected chi connectivity index (χ3v) is 4.46. The Morgan fingerprint density at radius 3 is 3.05 bits per heavy atom. The predicted octanol–water partition coefficient (Wildman–Crippen LogP) is 2.01. The third-order valence-electron chi connectivity index (χ3n) is 4.46. The summed E-state index contributed by atoms with van der Waals surface area (Å²) in [5.41, 5.74) is 1.37. The number of hydrogen-bond acceptors (Lipinski definition) is 4. The van der Waals surface area contributed by atoms with Gasteiger partial charge in [0, 0.05) is 32.1 Å². The highest BCUT2D eigenvalue weighted by molar-refractivity contribution is 6.00. The van der Waals surface area contributed by atoms with E-state index in [0.717, 1.165) is 18.4 Å². The van der Waals surface area contributed by atoms with Crippen LogP contribution in [0.4, 0.5) is 0 Å². The highest BCUT2D eigenvalue weighted by Gasteiger charge is 2.31. The maximum absolute atomic E-state index is 13.0. The second kappa shape index (κ2) is 6.44. The number of aromatic nitrogens is 3. The van der Waals surface area contributed by atoms with Crippen molar-refractivity contribution >= 4 is 11.4 Å². The van der Waals surface area contributed by atoms with Crippen LogP contribution in [0, 0.1) is 5.92 Å². The summed E-state index contributed by atoms with van der Waals surface area (Å²) in [5.74, 6) is 0.701. The highest BCUT2D eigenvalue weighted by atomic mass is 16.5. The zero-order valence-corrected chi connectivity index (χ0v) is 13.1. The van der Waals surface area contributed by atoms with E-state index in [4.69, 9.17) is 4.74 Å². The third kappa shape index (κ3) is 2.83. The molecule has 1 saturated carbocycles. The Bertz CT molecular complexity index is 654. The summed E-state index contributed by atoms with van der Waals surface area (Å²) >= 11 is 0. The van der Waals surface area contributed by atoms with Crippen molar-refractivity contribution in [3.63, 3.8) is 0 Å². The molecule has 2 aromatic heterocycles. The van der Waals surface area contributed by atoms with Crippen molar-refractivity contribution in [3.8, 4) is 0 Å². The largest absolute Gasteiger partial charge is 0.383 e. The van der Waals surface area contributed by atoms with Crippen LogP contribution in [0.1, 0.15) is 36.5 Å². The quantitative estimate of drug-likeness (QED) is 0.847. The van der Waals surface area contributed by atoms with E-state index in [0.29, 0.717) is 30.7 Å². The molecule has 1 aliphatic rings. The number of methoxy groups -OCH3 is 1. The van der Waals surface area contributed by atoms with E-state index in [1.165, 1.54) is 6.42 Å². The highest BCUT2D eigenvalue weighted by Crippen LogP contribution is 2.30. The average molecular weight is 302 g/mol. The number of fused-ring (bicyclic) bond motifs is 1. The SMILES string of the molecule is COCCN(C(=O)c1cnn2ccncc12)[C@H]1CC[C@H](C)C1. The molecule has 6 heteroatoms. The lowest BCUT2D eigenvalue weighted by atomic mass is 10.1. The molecule has 118 valence electrons. The van der Waals surface area contributed by atoms with E-state index >= 15 is 0 Å².